The van der Waals surface area contributed by atoms with Crippen molar-refractivity contribution in [3.63, 3.8) is 0 Å². The van der Waals surface area contributed by atoms with Crippen LogP contribution < -0.4 is 20.1 Å². The molecule has 30 heavy (non-hydrogen) atoms. The number of rotatable bonds is 9. The number of carbonyl (C=O) groups excluding carboxylic acids is 2. The van der Waals surface area contributed by atoms with Crippen molar-refractivity contribution in [3.05, 3.63) is 57.6 Å². The molecule has 0 fully saturated rings. The van der Waals surface area contributed by atoms with Gasteiger partial charge in [-0.2, -0.15) is 0 Å². The molecule has 0 heterocycles. The Morgan fingerprint density at radius 3 is 1.50 bits per heavy atom. The number of benzene rings is 2. The second kappa shape index (κ2) is 11.1. The van der Waals surface area contributed by atoms with E-state index in [1.807, 2.05) is 13.8 Å². The molecular formula is C22H26Cl2N2O4. The number of aryl methyl sites for hydroxylation is 2. The molecule has 0 aliphatic rings. The zero-order valence-corrected chi connectivity index (χ0v) is 18.9. The molecule has 0 radical (unpaired) electrons. The van der Waals surface area contributed by atoms with Gasteiger partial charge < -0.3 is 20.1 Å². The van der Waals surface area contributed by atoms with E-state index in [1.165, 1.54) is 0 Å². The van der Waals surface area contributed by atoms with Crippen molar-refractivity contribution in [3.8, 4) is 11.5 Å². The highest BCUT2D eigenvalue weighted by Crippen LogP contribution is 2.23. The van der Waals surface area contributed by atoms with Gasteiger partial charge in [0.25, 0.3) is 11.8 Å². The van der Waals surface area contributed by atoms with Crippen LogP contribution in [0.4, 0.5) is 0 Å². The van der Waals surface area contributed by atoms with Gasteiger partial charge in [0, 0.05) is 23.1 Å². The maximum atomic E-state index is 12.2. The van der Waals surface area contributed by atoms with E-state index in [0.717, 1.165) is 11.1 Å². The monoisotopic (exact) mass is 452 g/mol. The van der Waals surface area contributed by atoms with E-state index in [0.29, 0.717) is 21.5 Å². The first kappa shape index (κ1) is 23.8. The van der Waals surface area contributed by atoms with Crippen LogP contribution >= 0.6 is 23.2 Å². The highest BCUT2D eigenvalue weighted by atomic mass is 35.5. The van der Waals surface area contributed by atoms with Crippen LogP contribution in [0.1, 0.15) is 25.0 Å². The summed E-state index contributed by atoms with van der Waals surface area (Å²) in [5, 5.41) is 6.68. The number of hydrogen-bond acceptors (Lipinski definition) is 4. The Morgan fingerprint density at radius 2 is 1.17 bits per heavy atom. The van der Waals surface area contributed by atoms with Gasteiger partial charge in [-0.15, -0.1) is 0 Å². The molecule has 0 saturated heterocycles. The van der Waals surface area contributed by atoms with E-state index in [4.69, 9.17) is 32.7 Å². The van der Waals surface area contributed by atoms with Crippen molar-refractivity contribution in [1.29, 1.82) is 0 Å². The number of ether oxygens (including phenoxy) is 2. The normalized spacial score (nSPS) is 12.6. The van der Waals surface area contributed by atoms with Gasteiger partial charge in [-0.25, -0.2) is 0 Å². The van der Waals surface area contributed by atoms with Crippen LogP contribution in [0.25, 0.3) is 0 Å². The van der Waals surface area contributed by atoms with Crippen LogP contribution in [-0.4, -0.2) is 37.1 Å². The molecule has 6 nitrogen and oxygen atoms in total. The van der Waals surface area contributed by atoms with Crippen molar-refractivity contribution in [1.82, 2.24) is 10.6 Å². The third kappa shape index (κ3) is 7.11. The third-order valence-electron chi connectivity index (χ3n) is 4.34. The molecule has 0 aliphatic carbocycles. The van der Waals surface area contributed by atoms with Gasteiger partial charge in [-0.05, 0) is 75.2 Å². The molecule has 2 rings (SSSR count). The highest BCUT2D eigenvalue weighted by Gasteiger charge is 2.17. The Kier molecular flexibility index (Phi) is 8.81. The SMILES string of the molecule is Cc1cc(Cl)ccc1O[C@H](C)C(=O)NCCNC(=O)[C@@H](C)Oc1ccc(Cl)cc1C. The van der Waals surface area contributed by atoms with Crippen LogP contribution in [0.3, 0.4) is 0 Å². The molecule has 2 aromatic carbocycles. The summed E-state index contributed by atoms with van der Waals surface area (Å²) in [6, 6.07) is 10.4. The number of hydrogen-bond donors (Lipinski definition) is 2. The second-order valence-electron chi connectivity index (χ2n) is 6.92. The van der Waals surface area contributed by atoms with E-state index in [1.54, 1.807) is 50.2 Å². The van der Waals surface area contributed by atoms with E-state index in [-0.39, 0.29) is 24.9 Å². The van der Waals surface area contributed by atoms with E-state index < -0.39 is 12.2 Å². The number of carbonyl (C=O) groups is 2. The number of nitrogens with one attached hydrogen (secondary N) is 2. The summed E-state index contributed by atoms with van der Waals surface area (Å²) in [6.45, 7) is 7.57. The molecule has 0 aromatic heterocycles. The van der Waals surface area contributed by atoms with Crippen LogP contribution in [0.5, 0.6) is 11.5 Å². The summed E-state index contributed by atoms with van der Waals surface area (Å²) in [6.07, 6.45) is -1.37. The topological polar surface area (TPSA) is 76.7 Å². The molecule has 2 aromatic rings. The Labute approximate surface area is 186 Å². The van der Waals surface area contributed by atoms with Gasteiger partial charge in [0.2, 0.25) is 0 Å². The molecule has 0 bridgehead atoms. The van der Waals surface area contributed by atoms with E-state index in [2.05, 4.69) is 10.6 Å². The van der Waals surface area contributed by atoms with Gasteiger partial charge in [0.15, 0.2) is 12.2 Å². The molecule has 2 atom stereocenters. The summed E-state index contributed by atoms with van der Waals surface area (Å²) in [4.78, 5) is 24.4. The fourth-order valence-corrected chi connectivity index (χ4v) is 3.09. The first-order valence-electron chi connectivity index (χ1n) is 9.58. The minimum Gasteiger partial charge on any atom is -0.481 e. The van der Waals surface area contributed by atoms with E-state index >= 15 is 0 Å². The lowest BCUT2D eigenvalue weighted by atomic mass is 10.2. The molecule has 2 N–H and O–H groups in total. The molecule has 2 amide bonds. The van der Waals surface area contributed by atoms with Crippen LogP contribution in [0.2, 0.25) is 10.0 Å². The fraction of sp³-hybridized carbons (Fsp3) is 0.364. The summed E-state index contributed by atoms with van der Waals surface area (Å²) < 4.78 is 11.4. The van der Waals surface area contributed by atoms with Crippen molar-refractivity contribution in [2.75, 3.05) is 13.1 Å². The average Bonchev–Trinajstić information content (AvgIpc) is 2.68. The van der Waals surface area contributed by atoms with Gasteiger partial charge in [0.05, 0.1) is 0 Å². The van der Waals surface area contributed by atoms with Gasteiger partial charge in [-0.1, -0.05) is 23.2 Å². The molecule has 162 valence electrons. The Balaban J connectivity index is 1.72. The van der Waals surface area contributed by atoms with Crippen molar-refractivity contribution in [2.45, 2.75) is 39.9 Å². The maximum absolute atomic E-state index is 12.2. The summed E-state index contributed by atoms with van der Waals surface area (Å²) in [5.41, 5.74) is 1.69. The molecule has 8 heteroatoms. The predicted molar refractivity (Wildman–Crippen MR) is 119 cm³/mol. The van der Waals surface area contributed by atoms with Gasteiger partial charge in [0.1, 0.15) is 11.5 Å². The van der Waals surface area contributed by atoms with Crippen molar-refractivity contribution < 1.29 is 19.1 Å². The van der Waals surface area contributed by atoms with Crippen molar-refractivity contribution in [2.24, 2.45) is 0 Å². The summed E-state index contributed by atoms with van der Waals surface area (Å²) >= 11 is 11.8. The Bertz CT molecular complexity index is 831. The Morgan fingerprint density at radius 1 is 0.800 bits per heavy atom. The number of halogens is 2. The first-order chi connectivity index (χ1) is 14.2. The lowest BCUT2D eigenvalue weighted by Crippen LogP contribution is -2.43. The third-order valence-corrected chi connectivity index (χ3v) is 4.81. The molecule has 0 unspecified atom stereocenters. The summed E-state index contributed by atoms with van der Waals surface area (Å²) in [7, 11) is 0. The lowest BCUT2D eigenvalue weighted by molar-refractivity contribution is -0.129. The van der Waals surface area contributed by atoms with Crippen molar-refractivity contribution >= 4 is 35.0 Å². The summed E-state index contributed by atoms with van der Waals surface area (Å²) in [5.74, 6) is 0.636. The second-order valence-corrected chi connectivity index (χ2v) is 7.79. The smallest absolute Gasteiger partial charge is 0.260 e. The molecule has 0 saturated carbocycles. The number of amides is 2. The zero-order chi connectivity index (χ0) is 22.3. The molecular weight excluding hydrogens is 427 g/mol. The Hall–Kier alpha value is -2.44. The van der Waals surface area contributed by atoms with E-state index in [9.17, 15) is 9.59 Å². The minimum absolute atomic E-state index is 0.268. The van der Waals surface area contributed by atoms with Gasteiger partial charge >= 0.3 is 0 Å². The first-order valence-corrected chi connectivity index (χ1v) is 10.3. The largest absolute Gasteiger partial charge is 0.481 e. The highest BCUT2D eigenvalue weighted by molar-refractivity contribution is 6.31. The van der Waals surface area contributed by atoms with Crippen LogP contribution in [0.15, 0.2) is 36.4 Å². The standard InChI is InChI=1S/C22H26Cl2N2O4/c1-13-11-17(23)5-7-19(13)29-15(3)21(27)25-9-10-26-22(28)16(4)30-20-8-6-18(24)12-14(20)2/h5-8,11-12,15-16H,9-10H2,1-4H3,(H,25,27)(H,26,28)/t15-,16-/m1/s1. The van der Waals surface area contributed by atoms with Crippen LogP contribution in [-0.2, 0) is 9.59 Å². The van der Waals surface area contributed by atoms with Crippen LogP contribution in [0, 0.1) is 13.8 Å². The van der Waals surface area contributed by atoms with Gasteiger partial charge in [-0.3, -0.25) is 9.59 Å². The minimum atomic E-state index is -0.685. The fourth-order valence-electron chi connectivity index (χ4n) is 2.64. The molecule has 0 spiro atoms. The average molecular weight is 453 g/mol. The lowest BCUT2D eigenvalue weighted by Gasteiger charge is -2.18. The quantitative estimate of drug-likeness (QED) is 0.561. The zero-order valence-electron chi connectivity index (χ0n) is 17.4. The maximum Gasteiger partial charge on any atom is 0.260 e. The molecule has 0 aliphatic heterocycles. The predicted octanol–water partition coefficient (Wildman–Crippen LogP) is 4.08.